The Hall–Kier alpha value is -3.62. The van der Waals surface area contributed by atoms with Crippen molar-refractivity contribution < 1.29 is 9.59 Å². The van der Waals surface area contributed by atoms with E-state index in [0.717, 1.165) is 11.3 Å². The maximum Gasteiger partial charge on any atom is 0.343 e. The molecule has 0 spiro atoms. The molecule has 154 valence electrons. The highest BCUT2D eigenvalue weighted by Gasteiger charge is 2.09. The summed E-state index contributed by atoms with van der Waals surface area (Å²) in [6.45, 7) is 0.382. The van der Waals surface area contributed by atoms with Crippen molar-refractivity contribution >= 4 is 32.6 Å². The third kappa shape index (κ3) is 5.30. The highest BCUT2D eigenvalue weighted by Crippen LogP contribution is 2.07. The Labute approximate surface area is 185 Å². The van der Waals surface area contributed by atoms with Crippen LogP contribution < -0.4 is 14.9 Å². The molecule has 4 rings (SSSR count). The predicted molar refractivity (Wildman–Crippen MR) is 122 cm³/mol. The lowest BCUT2D eigenvalue weighted by Gasteiger charge is -2.03. The topological polar surface area (TPSA) is 75.8 Å². The molecule has 31 heavy (non-hydrogen) atoms. The van der Waals surface area contributed by atoms with E-state index >= 15 is 0 Å². The van der Waals surface area contributed by atoms with Crippen LogP contribution in [-0.2, 0) is 6.54 Å². The van der Waals surface area contributed by atoms with Gasteiger partial charge in [0.1, 0.15) is 0 Å². The van der Waals surface area contributed by atoms with Crippen LogP contribution in [0, 0.1) is 0 Å². The van der Waals surface area contributed by atoms with E-state index in [1.54, 1.807) is 28.8 Å². The Morgan fingerprint density at radius 3 is 1.94 bits per heavy atom. The van der Waals surface area contributed by atoms with Crippen molar-refractivity contribution in [1.29, 1.82) is 0 Å². The second kappa shape index (κ2) is 9.92. The second-order valence-corrected chi connectivity index (χ2v) is 8.51. The predicted octanol–water partition coefficient (Wildman–Crippen LogP) is 4.15. The number of para-hydroxylation sites is 1. The number of nitrogens with zero attached hydrogens (tertiary/aromatic N) is 3. The van der Waals surface area contributed by atoms with E-state index in [1.165, 1.54) is 20.7 Å². The summed E-state index contributed by atoms with van der Waals surface area (Å²) in [6.07, 6.45) is 0. The maximum atomic E-state index is 12.6. The lowest BCUT2D eigenvalue weighted by atomic mass is 10.2. The van der Waals surface area contributed by atoms with Crippen LogP contribution in [0.3, 0.4) is 0 Å². The monoisotopic (exact) mass is 446 g/mol. The van der Waals surface area contributed by atoms with Gasteiger partial charge in [0.25, 0.3) is 5.91 Å². The highest BCUT2D eigenvalue weighted by atomic mass is 32.9. The number of hydrogen-bond acceptors (Lipinski definition) is 4. The van der Waals surface area contributed by atoms with Crippen molar-refractivity contribution in [2.24, 2.45) is 9.98 Å². The molecule has 0 atom stereocenters. The first-order valence-corrected chi connectivity index (χ1v) is 11.6. The van der Waals surface area contributed by atoms with Crippen molar-refractivity contribution in [1.82, 2.24) is 9.88 Å². The number of carbonyl (C=O) groups excluding carboxylic acids is 2. The minimum absolute atomic E-state index is 0.348. The van der Waals surface area contributed by atoms with Crippen LogP contribution >= 0.6 is 20.7 Å². The van der Waals surface area contributed by atoms with Gasteiger partial charge in [-0.05, 0) is 50.5 Å². The Morgan fingerprint density at radius 1 is 0.742 bits per heavy atom. The van der Waals surface area contributed by atoms with Gasteiger partial charge in [0, 0.05) is 12.1 Å². The van der Waals surface area contributed by atoms with E-state index in [1.807, 2.05) is 66.7 Å². The molecule has 1 N–H and O–H groups in total. The molecule has 0 unspecified atom stereocenters. The average Bonchev–Trinajstić information content (AvgIpc) is 3.21. The molecule has 6 nitrogen and oxygen atoms in total. The normalized spacial score (nSPS) is 12.0. The van der Waals surface area contributed by atoms with E-state index in [2.05, 4.69) is 15.3 Å². The van der Waals surface area contributed by atoms with Crippen LogP contribution in [0.2, 0.25) is 0 Å². The molecule has 3 aromatic carbocycles. The molecule has 0 aliphatic heterocycles. The fourth-order valence-electron chi connectivity index (χ4n) is 2.80. The summed E-state index contributed by atoms with van der Waals surface area (Å²) in [7, 11) is 2.58. The quantitative estimate of drug-likeness (QED) is 0.478. The first-order chi connectivity index (χ1) is 15.2. The highest BCUT2D eigenvalue weighted by molar-refractivity contribution is 7.67. The fraction of sp³-hybridized carbons (Fsp3) is 0.0435. The lowest BCUT2D eigenvalue weighted by molar-refractivity contribution is 0.0998. The maximum absolute atomic E-state index is 12.6. The molecular formula is C23H18N4O2S2. The minimum Gasteiger partial charge on any atom is -0.332 e. The summed E-state index contributed by atoms with van der Waals surface area (Å²) in [4.78, 5) is 34.5. The molecule has 0 aliphatic carbocycles. The average molecular weight is 447 g/mol. The molecule has 4 aromatic rings. The van der Waals surface area contributed by atoms with Crippen LogP contribution in [0.25, 0.3) is 5.69 Å². The molecule has 1 aromatic heterocycles. The molecule has 0 saturated heterocycles. The Morgan fingerprint density at radius 2 is 1.29 bits per heavy atom. The summed E-state index contributed by atoms with van der Waals surface area (Å²) in [6, 6.07) is 27.5. The number of nitrogens with one attached hydrogen (secondary N) is 1. The van der Waals surface area contributed by atoms with E-state index in [9.17, 15) is 9.59 Å². The zero-order chi connectivity index (χ0) is 21.5. The number of urea groups is 1. The Balaban J connectivity index is 1.70. The van der Waals surface area contributed by atoms with Gasteiger partial charge in [-0.15, -0.1) is 0 Å². The lowest BCUT2D eigenvalue weighted by Crippen LogP contribution is -2.28. The van der Waals surface area contributed by atoms with Crippen molar-refractivity contribution in [3.63, 3.8) is 0 Å². The standard InChI is InChI=1S/C23H18N4O2S2/c28-20(18-12-6-2-7-13-18)25-22-27(19-14-8-3-9-15-19)23(31-30-22)26-21(29)24-16-17-10-4-1-5-11-17/h1-15H,16H2,(H,24,29). The van der Waals surface area contributed by atoms with Crippen LogP contribution in [0.1, 0.15) is 15.9 Å². The number of carbonyl (C=O) groups is 2. The van der Waals surface area contributed by atoms with E-state index in [-0.39, 0.29) is 5.91 Å². The fourth-order valence-corrected chi connectivity index (χ4v) is 4.90. The largest absolute Gasteiger partial charge is 0.343 e. The zero-order valence-corrected chi connectivity index (χ0v) is 18.0. The molecule has 0 bridgehead atoms. The van der Waals surface area contributed by atoms with Crippen molar-refractivity contribution in [3.05, 3.63) is 112 Å². The molecule has 1 heterocycles. The van der Waals surface area contributed by atoms with Gasteiger partial charge in [-0.2, -0.15) is 9.98 Å². The number of aromatic nitrogens is 1. The molecule has 0 fully saturated rings. The van der Waals surface area contributed by atoms with E-state index < -0.39 is 6.03 Å². The summed E-state index contributed by atoms with van der Waals surface area (Å²) < 4.78 is 1.72. The van der Waals surface area contributed by atoms with Gasteiger partial charge in [0.2, 0.25) is 9.60 Å². The van der Waals surface area contributed by atoms with Gasteiger partial charge in [-0.3, -0.25) is 9.36 Å². The molecule has 8 heteroatoms. The molecule has 3 amide bonds. The third-order valence-corrected chi connectivity index (χ3v) is 6.36. The summed E-state index contributed by atoms with van der Waals surface area (Å²) >= 11 is 0. The first kappa shape index (κ1) is 20.6. The van der Waals surface area contributed by atoms with Gasteiger partial charge < -0.3 is 5.32 Å². The zero-order valence-electron chi connectivity index (χ0n) is 16.3. The Kier molecular flexibility index (Phi) is 6.61. The smallest absolute Gasteiger partial charge is 0.332 e. The summed E-state index contributed by atoms with van der Waals surface area (Å²) in [5, 5.41) is 2.80. The third-order valence-electron chi connectivity index (χ3n) is 4.29. The van der Waals surface area contributed by atoms with Gasteiger partial charge >= 0.3 is 6.03 Å². The van der Waals surface area contributed by atoms with E-state index in [4.69, 9.17) is 0 Å². The number of hydrogen-bond donors (Lipinski definition) is 1. The number of benzene rings is 3. The van der Waals surface area contributed by atoms with Crippen LogP contribution in [0.15, 0.2) is 101 Å². The number of amides is 3. The van der Waals surface area contributed by atoms with Crippen LogP contribution in [-0.4, -0.2) is 16.5 Å². The van der Waals surface area contributed by atoms with Crippen LogP contribution in [0.4, 0.5) is 4.79 Å². The van der Waals surface area contributed by atoms with Crippen molar-refractivity contribution in [3.8, 4) is 5.69 Å². The van der Waals surface area contributed by atoms with Gasteiger partial charge in [-0.1, -0.05) is 66.7 Å². The summed E-state index contributed by atoms with van der Waals surface area (Å²) in [5.74, 6) is -0.348. The van der Waals surface area contributed by atoms with Gasteiger partial charge in [0.15, 0.2) is 0 Å². The van der Waals surface area contributed by atoms with Crippen LogP contribution in [0.5, 0.6) is 0 Å². The van der Waals surface area contributed by atoms with Crippen molar-refractivity contribution in [2.75, 3.05) is 0 Å². The van der Waals surface area contributed by atoms with Gasteiger partial charge in [0.05, 0.1) is 5.69 Å². The SMILES string of the molecule is O=C(N=c1ssc(=NC(=O)c2ccccc2)n1-c1ccccc1)NCc1ccccc1. The van der Waals surface area contributed by atoms with Gasteiger partial charge in [-0.25, -0.2) is 4.79 Å². The van der Waals surface area contributed by atoms with Crippen molar-refractivity contribution in [2.45, 2.75) is 6.54 Å². The number of rotatable bonds is 4. The van der Waals surface area contributed by atoms with E-state index in [0.29, 0.717) is 21.7 Å². The minimum atomic E-state index is -0.455. The molecule has 0 saturated carbocycles. The second-order valence-electron chi connectivity index (χ2n) is 6.44. The summed E-state index contributed by atoms with van der Waals surface area (Å²) in [5.41, 5.74) is 2.26. The first-order valence-electron chi connectivity index (χ1n) is 9.49. The molecule has 0 radical (unpaired) electrons. The molecule has 0 aliphatic rings. The Bertz CT molecular complexity index is 1310. The molecular weight excluding hydrogens is 428 g/mol.